The predicted octanol–water partition coefficient (Wildman–Crippen LogP) is 7.21. The molecule has 7 heteroatoms. The fourth-order valence-corrected chi connectivity index (χ4v) is 10.5. The zero-order valence-electron chi connectivity index (χ0n) is 29.1. The van der Waals surface area contributed by atoms with Gasteiger partial charge in [-0.2, -0.15) is 0 Å². The van der Waals surface area contributed by atoms with Crippen molar-refractivity contribution < 1.29 is 23.9 Å². The molecule has 0 radical (unpaired) electrons. The zero-order chi connectivity index (χ0) is 33.3. The summed E-state index contributed by atoms with van der Waals surface area (Å²) in [5.74, 6) is 2.48. The van der Waals surface area contributed by atoms with E-state index in [9.17, 15) is 14.4 Å². The van der Waals surface area contributed by atoms with E-state index in [0.29, 0.717) is 36.9 Å². The SMILES string of the molecule is CC(=O)CN1CC[C@]23c4c5ccc(OC(C)=O)c4O[C@H]2[C@@H](N(CCCc2ccccc2)C(=O)CCCCC2CCCCC2)CC[C@H]3[C@H]1C5. The summed E-state index contributed by atoms with van der Waals surface area (Å²) in [7, 11) is 0. The number of carbonyl (C=O) groups excluding carboxylic acids is 3. The molecule has 0 N–H and O–H groups in total. The van der Waals surface area contributed by atoms with Crippen molar-refractivity contribution in [3.05, 3.63) is 59.2 Å². The number of unbranched alkanes of at least 4 members (excludes halogenated alkanes) is 1. The molecule has 5 atom stereocenters. The number of esters is 1. The number of hydrogen-bond donors (Lipinski definition) is 0. The van der Waals surface area contributed by atoms with Crippen LogP contribution in [-0.2, 0) is 32.6 Å². The number of nitrogens with zero attached hydrogens (tertiary/aromatic N) is 2. The molecule has 2 aromatic rings. The topological polar surface area (TPSA) is 76.2 Å². The third kappa shape index (κ3) is 6.44. The Kier molecular flexibility index (Phi) is 9.96. The van der Waals surface area contributed by atoms with Crippen LogP contribution >= 0.6 is 0 Å². The van der Waals surface area contributed by atoms with Crippen LogP contribution in [0, 0.1) is 11.8 Å². The van der Waals surface area contributed by atoms with Gasteiger partial charge in [-0.15, -0.1) is 0 Å². The largest absolute Gasteiger partial charge is 0.483 e. The van der Waals surface area contributed by atoms with Gasteiger partial charge in [-0.3, -0.25) is 19.3 Å². The number of hydrogen-bond acceptors (Lipinski definition) is 6. The lowest BCUT2D eigenvalue weighted by Gasteiger charge is -2.60. The molecule has 48 heavy (non-hydrogen) atoms. The number of benzene rings is 2. The molecule has 3 aliphatic carbocycles. The number of rotatable bonds is 13. The molecule has 2 saturated carbocycles. The number of aryl methyl sites for hydroxylation is 1. The number of ketones is 1. The molecule has 7 rings (SSSR count). The van der Waals surface area contributed by atoms with Crippen molar-refractivity contribution >= 4 is 17.7 Å². The van der Waals surface area contributed by atoms with E-state index in [1.165, 1.54) is 62.1 Å². The van der Waals surface area contributed by atoms with Crippen molar-refractivity contribution in [1.82, 2.24) is 9.80 Å². The smallest absolute Gasteiger partial charge is 0.308 e. The molecule has 0 unspecified atom stereocenters. The minimum atomic E-state index is -0.355. The van der Waals surface area contributed by atoms with Crippen LogP contribution in [0.2, 0.25) is 0 Å². The lowest BCUT2D eigenvalue weighted by molar-refractivity contribution is -0.143. The molecule has 258 valence electrons. The summed E-state index contributed by atoms with van der Waals surface area (Å²) in [6.07, 6.45) is 16.0. The van der Waals surface area contributed by atoms with E-state index in [2.05, 4.69) is 46.2 Å². The van der Waals surface area contributed by atoms with E-state index in [-0.39, 0.29) is 41.3 Å². The summed E-state index contributed by atoms with van der Waals surface area (Å²) < 4.78 is 12.8. The molecular weight excluding hydrogens is 600 g/mol. The number of carbonyl (C=O) groups is 3. The fourth-order valence-electron chi connectivity index (χ4n) is 10.5. The summed E-state index contributed by atoms with van der Waals surface area (Å²) in [6.45, 7) is 5.15. The van der Waals surface area contributed by atoms with E-state index >= 15 is 0 Å². The Bertz CT molecular complexity index is 1490. The van der Waals surface area contributed by atoms with Gasteiger partial charge >= 0.3 is 5.97 Å². The van der Waals surface area contributed by atoms with Crippen LogP contribution in [0.5, 0.6) is 11.5 Å². The van der Waals surface area contributed by atoms with Gasteiger partial charge in [0, 0.05) is 36.9 Å². The highest BCUT2D eigenvalue weighted by Gasteiger charge is 2.66. The molecule has 2 bridgehead atoms. The van der Waals surface area contributed by atoms with Gasteiger partial charge in [-0.25, -0.2) is 0 Å². The first kappa shape index (κ1) is 33.3. The molecule has 2 aliphatic heterocycles. The Morgan fingerprint density at radius 3 is 2.54 bits per heavy atom. The van der Waals surface area contributed by atoms with Crippen LogP contribution in [0.25, 0.3) is 0 Å². The number of likely N-dealkylation sites (tertiary alicyclic amines) is 1. The summed E-state index contributed by atoms with van der Waals surface area (Å²) in [5, 5.41) is 0. The van der Waals surface area contributed by atoms with Gasteiger partial charge in [0.05, 0.1) is 12.6 Å². The minimum absolute atomic E-state index is 0.0496. The van der Waals surface area contributed by atoms with Gasteiger partial charge < -0.3 is 14.4 Å². The quantitative estimate of drug-likeness (QED) is 0.129. The summed E-state index contributed by atoms with van der Waals surface area (Å²) in [6, 6.07) is 14.8. The van der Waals surface area contributed by atoms with E-state index in [0.717, 1.165) is 63.8 Å². The van der Waals surface area contributed by atoms with Gasteiger partial charge in [0.2, 0.25) is 5.91 Å². The second kappa shape index (κ2) is 14.3. The monoisotopic (exact) mass is 654 g/mol. The Hall–Kier alpha value is -3.19. The molecule has 0 aromatic heterocycles. The van der Waals surface area contributed by atoms with E-state index in [4.69, 9.17) is 9.47 Å². The summed E-state index contributed by atoms with van der Waals surface area (Å²) >= 11 is 0. The van der Waals surface area contributed by atoms with Gasteiger partial charge in [-0.1, -0.05) is 81.3 Å². The van der Waals surface area contributed by atoms with E-state index in [1.54, 1.807) is 6.92 Å². The van der Waals surface area contributed by atoms with Crippen LogP contribution in [0.3, 0.4) is 0 Å². The highest BCUT2D eigenvalue weighted by atomic mass is 16.6. The molecule has 3 fully saturated rings. The Morgan fingerprint density at radius 2 is 1.77 bits per heavy atom. The molecular formula is C41H54N2O5. The highest BCUT2D eigenvalue weighted by Crippen LogP contribution is 2.64. The number of piperidine rings is 1. The van der Waals surface area contributed by atoms with E-state index < -0.39 is 0 Å². The fraction of sp³-hybridized carbons (Fsp3) is 0.634. The Balaban J connectivity index is 1.17. The zero-order valence-corrected chi connectivity index (χ0v) is 29.1. The first-order valence-electron chi connectivity index (χ1n) is 18.9. The third-order valence-corrected chi connectivity index (χ3v) is 12.5. The van der Waals surface area contributed by atoms with Crippen molar-refractivity contribution in [3.63, 3.8) is 0 Å². The number of ether oxygens (including phenoxy) is 2. The van der Waals surface area contributed by atoms with Crippen LogP contribution in [0.4, 0.5) is 0 Å². The lowest BCUT2D eigenvalue weighted by atomic mass is 9.51. The maximum atomic E-state index is 14.4. The first-order chi connectivity index (χ1) is 23.3. The highest BCUT2D eigenvalue weighted by molar-refractivity contribution is 5.78. The van der Waals surface area contributed by atoms with Crippen molar-refractivity contribution in [1.29, 1.82) is 0 Å². The maximum Gasteiger partial charge on any atom is 0.308 e. The van der Waals surface area contributed by atoms with Crippen LogP contribution < -0.4 is 9.47 Å². The van der Waals surface area contributed by atoms with Crippen molar-refractivity contribution in [2.45, 2.75) is 134 Å². The number of Topliss-reactive ketones (excluding diaryl/α,β-unsaturated/α-hetero) is 1. The van der Waals surface area contributed by atoms with Crippen molar-refractivity contribution in [2.75, 3.05) is 19.6 Å². The third-order valence-electron chi connectivity index (χ3n) is 12.5. The average Bonchev–Trinajstić information content (AvgIpc) is 3.43. The van der Waals surface area contributed by atoms with Crippen LogP contribution in [-0.4, -0.2) is 65.3 Å². The molecule has 7 nitrogen and oxygen atoms in total. The molecule has 1 spiro atoms. The Morgan fingerprint density at radius 1 is 0.958 bits per heavy atom. The lowest BCUT2D eigenvalue weighted by Crippen LogP contribution is -2.69. The van der Waals surface area contributed by atoms with Gasteiger partial charge in [-0.05, 0) is 87.4 Å². The maximum absolute atomic E-state index is 14.4. The van der Waals surface area contributed by atoms with Crippen molar-refractivity contribution in [3.8, 4) is 11.5 Å². The van der Waals surface area contributed by atoms with Crippen LogP contribution in [0.15, 0.2) is 42.5 Å². The summed E-state index contributed by atoms with van der Waals surface area (Å²) in [5.41, 5.74) is 3.48. The molecule has 2 heterocycles. The minimum Gasteiger partial charge on any atom is -0.483 e. The van der Waals surface area contributed by atoms with Gasteiger partial charge in [0.25, 0.3) is 0 Å². The molecule has 5 aliphatic rings. The Labute approximate surface area is 286 Å². The van der Waals surface area contributed by atoms with Gasteiger partial charge in [0.1, 0.15) is 11.9 Å². The average molecular weight is 655 g/mol. The van der Waals surface area contributed by atoms with Gasteiger partial charge in [0.15, 0.2) is 11.5 Å². The molecule has 2 aromatic carbocycles. The number of amides is 1. The second-order valence-electron chi connectivity index (χ2n) is 15.5. The predicted molar refractivity (Wildman–Crippen MR) is 186 cm³/mol. The summed E-state index contributed by atoms with van der Waals surface area (Å²) in [4.78, 5) is 43.6. The first-order valence-corrected chi connectivity index (χ1v) is 18.9. The second-order valence-corrected chi connectivity index (χ2v) is 15.5. The standard InChI is InChI=1S/C41H54N2O5/c1-28(44)27-42-25-23-41-33-20-21-34(40(41)48-39-36(47-29(2)45)22-19-32(38(39)41)26-35(33)42)43(24-11-17-31-14-7-4-8-15-31)37(46)18-10-9-16-30-12-5-3-6-13-30/h4,7-8,14-15,19,22,30,33-35,40H,3,5-6,9-13,16-18,20-21,23-27H2,1-2H3/t33-,34-,35+,40-,41-/m0/s1. The molecule has 1 saturated heterocycles. The van der Waals surface area contributed by atoms with E-state index in [1.807, 2.05) is 6.07 Å². The van der Waals surface area contributed by atoms with Crippen molar-refractivity contribution in [2.24, 2.45) is 11.8 Å². The normalized spacial score (nSPS) is 27.5. The molecule has 1 amide bonds. The van der Waals surface area contributed by atoms with Crippen LogP contribution in [0.1, 0.15) is 114 Å².